The number of hydrogen-bond donors (Lipinski definition) is 1. The van der Waals surface area contributed by atoms with Crippen LogP contribution in [-0.4, -0.2) is 56.8 Å². The minimum absolute atomic E-state index is 0.0191. The van der Waals surface area contributed by atoms with Crippen molar-refractivity contribution in [3.05, 3.63) is 58.1 Å². The topological polar surface area (TPSA) is 123 Å². The van der Waals surface area contributed by atoms with E-state index in [9.17, 15) is 27.3 Å². The van der Waals surface area contributed by atoms with Crippen LogP contribution in [0.2, 0.25) is 0 Å². The molecule has 0 saturated carbocycles. The number of nitro groups is 1. The summed E-state index contributed by atoms with van der Waals surface area (Å²) in [7, 11) is -4.04. The van der Waals surface area contributed by atoms with E-state index < -0.39 is 21.6 Å². The third kappa shape index (κ3) is 5.71. The molecule has 0 atom stereocenters. The number of anilines is 1. The molecule has 166 valence electrons. The first-order chi connectivity index (χ1) is 14.8. The first kappa shape index (κ1) is 22.5. The molecular weight excluding hydrogens is 438 g/mol. The number of ether oxygens (including phenoxy) is 2. The van der Waals surface area contributed by atoms with Crippen molar-refractivity contribution in [1.29, 1.82) is 0 Å². The van der Waals surface area contributed by atoms with Crippen LogP contribution in [0.5, 0.6) is 5.75 Å². The SMILES string of the molecule is O=[N+]([O-])c1ccc(NN=Cc2ccc(OC(F)F)cc2)c(S(=O)(=O)N2CCOCC2)c1. The van der Waals surface area contributed by atoms with Crippen molar-refractivity contribution in [3.63, 3.8) is 0 Å². The van der Waals surface area contributed by atoms with E-state index in [1.54, 1.807) is 0 Å². The molecule has 0 bridgehead atoms. The number of alkyl halides is 2. The lowest BCUT2D eigenvalue weighted by Crippen LogP contribution is -2.40. The van der Waals surface area contributed by atoms with Crippen LogP contribution in [0.1, 0.15) is 5.56 Å². The van der Waals surface area contributed by atoms with E-state index in [1.807, 2.05) is 0 Å². The predicted molar refractivity (Wildman–Crippen MR) is 107 cm³/mol. The standard InChI is InChI=1S/C18H18F2N4O6S/c19-18(20)30-15-4-1-13(2-5-15)12-21-22-16-6-3-14(24(25)26)11-17(16)31(27,28)23-7-9-29-10-8-23/h1-6,11-12,18,22H,7-10H2. The number of sulfonamides is 1. The minimum atomic E-state index is -4.04. The second-order valence-electron chi connectivity index (χ2n) is 6.27. The van der Waals surface area contributed by atoms with Gasteiger partial charge in [0.15, 0.2) is 0 Å². The Labute approximate surface area is 176 Å². The van der Waals surface area contributed by atoms with Gasteiger partial charge in [0.25, 0.3) is 5.69 Å². The van der Waals surface area contributed by atoms with Crippen molar-refractivity contribution >= 4 is 27.6 Å². The van der Waals surface area contributed by atoms with E-state index in [-0.39, 0.29) is 48.3 Å². The molecule has 1 fully saturated rings. The molecule has 1 aliphatic rings. The van der Waals surface area contributed by atoms with E-state index in [2.05, 4.69) is 15.3 Å². The molecule has 0 radical (unpaired) electrons. The third-order valence-corrected chi connectivity index (χ3v) is 6.21. The summed E-state index contributed by atoms with van der Waals surface area (Å²) in [5.74, 6) is -0.0191. The zero-order valence-corrected chi connectivity index (χ0v) is 16.8. The number of rotatable bonds is 8. The lowest BCUT2D eigenvalue weighted by molar-refractivity contribution is -0.385. The molecule has 0 spiro atoms. The molecule has 2 aromatic carbocycles. The molecule has 1 N–H and O–H groups in total. The van der Waals surface area contributed by atoms with Crippen molar-refractivity contribution in [1.82, 2.24) is 4.31 Å². The second kappa shape index (κ2) is 9.76. The number of benzene rings is 2. The quantitative estimate of drug-likeness (QED) is 0.368. The van der Waals surface area contributed by atoms with E-state index in [0.29, 0.717) is 5.56 Å². The molecular formula is C18H18F2N4O6S. The van der Waals surface area contributed by atoms with Crippen LogP contribution in [0.25, 0.3) is 0 Å². The van der Waals surface area contributed by atoms with Gasteiger partial charge in [-0.05, 0) is 35.9 Å². The molecule has 0 aliphatic carbocycles. The van der Waals surface area contributed by atoms with Gasteiger partial charge in [-0.2, -0.15) is 18.2 Å². The zero-order chi connectivity index (χ0) is 22.4. The molecule has 1 saturated heterocycles. The molecule has 1 aliphatic heterocycles. The van der Waals surface area contributed by atoms with E-state index in [1.165, 1.54) is 40.9 Å². The number of morpholine rings is 1. The van der Waals surface area contributed by atoms with Crippen molar-refractivity contribution in [2.24, 2.45) is 5.10 Å². The molecule has 2 aromatic rings. The van der Waals surface area contributed by atoms with Crippen LogP contribution in [0.3, 0.4) is 0 Å². The Morgan fingerprint density at radius 3 is 2.48 bits per heavy atom. The fourth-order valence-corrected chi connectivity index (χ4v) is 4.34. The zero-order valence-electron chi connectivity index (χ0n) is 16.0. The average Bonchev–Trinajstić information content (AvgIpc) is 2.75. The Morgan fingerprint density at radius 1 is 1.19 bits per heavy atom. The largest absolute Gasteiger partial charge is 0.435 e. The number of nitrogens with zero attached hydrogens (tertiary/aromatic N) is 3. The number of hydrogen-bond acceptors (Lipinski definition) is 8. The Balaban J connectivity index is 1.83. The van der Waals surface area contributed by atoms with Gasteiger partial charge < -0.3 is 9.47 Å². The number of non-ortho nitro benzene ring substituents is 1. The van der Waals surface area contributed by atoms with Crippen LogP contribution >= 0.6 is 0 Å². The van der Waals surface area contributed by atoms with Gasteiger partial charge >= 0.3 is 6.61 Å². The molecule has 3 rings (SSSR count). The summed E-state index contributed by atoms with van der Waals surface area (Å²) in [6.07, 6.45) is 1.33. The Kier molecular flexibility index (Phi) is 7.09. The third-order valence-electron chi connectivity index (χ3n) is 4.27. The molecule has 0 amide bonds. The van der Waals surface area contributed by atoms with E-state index >= 15 is 0 Å². The summed E-state index contributed by atoms with van der Waals surface area (Å²) in [5.41, 5.74) is 2.77. The van der Waals surface area contributed by atoms with Gasteiger partial charge in [-0.25, -0.2) is 8.42 Å². The highest BCUT2D eigenvalue weighted by molar-refractivity contribution is 7.89. The summed E-state index contributed by atoms with van der Waals surface area (Å²) in [4.78, 5) is 10.2. The van der Waals surface area contributed by atoms with Gasteiger partial charge in [0.1, 0.15) is 10.6 Å². The summed E-state index contributed by atoms with van der Waals surface area (Å²) in [6.45, 7) is -2.24. The maximum Gasteiger partial charge on any atom is 0.387 e. The summed E-state index contributed by atoms with van der Waals surface area (Å²) in [5, 5.41) is 15.1. The molecule has 13 heteroatoms. The van der Waals surface area contributed by atoms with E-state index in [4.69, 9.17) is 4.74 Å². The monoisotopic (exact) mass is 456 g/mol. The van der Waals surface area contributed by atoms with Gasteiger partial charge in [0.05, 0.1) is 30.0 Å². The fourth-order valence-electron chi connectivity index (χ4n) is 2.77. The van der Waals surface area contributed by atoms with Crippen LogP contribution in [0.4, 0.5) is 20.2 Å². The first-order valence-electron chi connectivity index (χ1n) is 8.97. The molecule has 31 heavy (non-hydrogen) atoms. The van der Waals surface area contributed by atoms with Crippen LogP contribution in [0, 0.1) is 10.1 Å². The smallest absolute Gasteiger partial charge is 0.387 e. The molecule has 1 heterocycles. The minimum Gasteiger partial charge on any atom is -0.435 e. The Morgan fingerprint density at radius 2 is 1.87 bits per heavy atom. The van der Waals surface area contributed by atoms with Crippen molar-refractivity contribution < 1.29 is 31.6 Å². The van der Waals surface area contributed by atoms with Gasteiger partial charge in [0.2, 0.25) is 10.0 Å². The van der Waals surface area contributed by atoms with Gasteiger partial charge in [-0.15, -0.1) is 0 Å². The lowest BCUT2D eigenvalue weighted by atomic mass is 10.2. The van der Waals surface area contributed by atoms with Gasteiger partial charge in [-0.3, -0.25) is 15.5 Å². The summed E-state index contributed by atoms with van der Waals surface area (Å²) in [6, 6.07) is 8.99. The number of nitro benzene ring substituents is 1. The number of hydrazone groups is 1. The van der Waals surface area contributed by atoms with Crippen molar-refractivity contribution in [2.75, 3.05) is 31.7 Å². The predicted octanol–water partition coefficient (Wildman–Crippen LogP) is 2.66. The van der Waals surface area contributed by atoms with Crippen molar-refractivity contribution in [3.8, 4) is 5.75 Å². The van der Waals surface area contributed by atoms with Crippen LogP contribution < -0.4 is 10.2 Å². The summed E-state index contributed by atoms with van der Waals surface area (Å²) >= 11 is 0. The fraction of sp³-hybridized carbons (Fsp3) is 0.278. The van der Waals surface area contributed by atoms with Gasteiger partial charge in [-0.1, -0.05) is 0 Å². The maximum atomic E-state index is 13.0. The first-order valence-corrected chi connectivity index (χ1v) is 10.4. The van der Waals surface area contributed by atoms with Crippen LogP contribution in [0.15, 0.2) is 52.5 Å². The number of nitrogens with one attached hydrogen (secondary N) is 1. The van der Waals surface area contributed by atoms with Crippen LogP contribution in [-0.2, 0) is 14.8 Å². The van der Waals surface area contributed by atoms with E-state index in [0.717, 1.165) is 12.1 Å². The molecule has 0 unspecified atom stereocenters. The second-order valence-corrected chi connectivity index (χ2v) is 8.18. The number of halogens is 2. The molecule has 0 aromatic heterocycles. The molecule has 10 nitrogen and oxygen atoms in total. The normalized spacial score (nSPS) is 15.3. The van der Waals surface area contributed by atoms with Gasteiger partial charge in [0, 0.05) is 25.2 Å². The average molecular weight is 456 g/mol. The highest BCUT2D eigenvalue weighted by atomic mass is 32.2. The highest BCUT2D eigenvalue weighted by Crippen LogP contribution is 2.29. The highest BCUT2D eigenvalue weighted by Gasteiger charge is 2.30. The Bertz CT molecular complexity index is 1060. The Hall–Kier alpha value is -3.16. The van der Waals surface area contributed by atoms with Crippen molar-refractivity contribution in [2.45, 2.75) is 11.5 Å². The maximum absolute atomic E-state index is 13.0. The lowest BCUT2D eigenvalue weighted by Gasteiger charge is -2.26. The summed E-state index contributed by atoms with van der Waals surface area (Å²) < 4.78 is 61.0.